The van der Waals surface area contributed by atoms with Gasteiger partial charge in [-0.3, -0.25) is 14.7 Å². The monoisotopic (exact) mass is 638 g/mol. The Morgan fingerprint density at radius 3 is 2.67 bits per heavy atom. The Hall–Kier alpha value is -3.34. The summed E-state index contributed by atoms with van der Waals surface area (Å²) in [6, 6.07) is 6.54. The number of nitrogens with zero attached hydrogens (tertiary/aromatic N) is 6. The van der Waals surface area contributed by atoms with Crippen molar-refractivity contribution in [1.29, 1.82) is 0 Å². The molecule has 0 radical (unpaired) electrons. The molecular weight excluding hydrogens is 595 g/mol. The lowest BCUT2D eigenvalue weighted by atomic mass is 9.61. The number of aromatic nitrogens is 3. The molecular formula is C34H44ClFN6O3. The minimum Gasteiger partial charge on any atom is -0.490 e. The van der Waals surface area contributed by atoms with Gasteiger partial charge in [-0.25, -0.2) is 14.4 Å². The molecule has 1 spiro atoms. The first-order valence-corrected chi connectivity index (χ1v) is 16.4. The zero-order valence-electron chi connectivity index (χ0n) is 26.7. The lowest BCUT2D eigenvalue weighted by Crippen LogP contribution is -2.65. The van der Waals surface area contributed by atoms with E-state index in [-0.39, 0.29) is 22.8 Å². The van der Waals surface area contributed by atoms with Crippen molar-refractivity contribution in [1.82, 2.24) is 24.8 Å². The topological polar surface area (TPSA) is 83.9 Å². The second-order valence-electron chi connectivity index (χ2n) is 12.6. The molecule has 1 aliphatic carbocycles. The first kappa shape index (κ1) is 33.0. The summed E-state index contributed by atoms with van der Waals surface area (Å²) in [5.41, 5.74) is 2.68. The molecule has 1 saturated carbocycles. The van der Waals surface area contributed by atoms with Crippen molar-refractivity contribution in [3.05, 3.63) is 65.6 Å². The summed E-state index contributed by atoms with van der Waals surface area (Å²) < 4.78 is 26.0. The summed E-state index contributed by atoms with van der Waals surface area (Å²) >= 11 is 5.90. The van der Waals surface area contributed by atoms with E-state index in [1.807, 2.05) is 12.3 Å². The van der Waals surface area contributed by atoms with Gasteiger partial charge >= 0.3 is 0 Å². The Kier molecular flexibility index (Phi) is 10.9. The van der Waals surface area contributed by atoms with Crippen LogP contribution in [-0.2, 0) is 13.0 Å². The molecule has 1 saturated heterocycles. The maximum atomic E-state index is 13.5. The van der Waals surface area contributed by atoms with Gasteiger partial charge in [0, 0.05) is 67.4 Å². The molecule has 11 heteroatoms. The Labute approximate surface area is 270 Å². The summed E-state index contributed by atoms with van der Waals surface area (Å²) in [7, 11) is 2.13. The fraction of sp³-hybridized carbons (Fsp3) is 0.529. The van der Waals surface area contributed by atoms with Crippen LogP contribution in [0.3, 0.4) is 0 Å². The van der Waals surface area contributed by atoms with Crippen LogP contribution < -0.4 is 14.4 Å². The highest BCUT2D eigenvalue weighted by Gasteiger charge is 2.54. The highest BCUT2D eigenvalue weighted by molar-refractivity contribution is 6.17. The van der Waals surface area contributed by atoms with Crippen LogP contribution in [0, 0.1) is 11.2 Å². The number of carbonyl (C=O) groups excluding carboxylic acids is 1. The summed E-state index contributed by atoms with van der Waals surface area (Å²) in [4.78, 5) is 31.4. The van der Waals surface area contributed by atoms with Gasteiger partial charge in [0.05, 0.1) is 11.8 Å². The Morgan fingerprint density at radius 1 is 1.18 bits per heavy atom. The molecule has 0 amide bonds. The Bertz CT molecular complexity index is 1450. The lowest BCUT2D eigenvalue weighted by Gasteiger charge is -2.59. The van der Waals surface area contributed by atoms with Crippen LogP contribution in [0.4, 0.5) is 10.2 Å². The van der Waals surface area contributed by atoms with Gasteiger partial charge in [-0.15, -0.1) is 11.6 Å². The van der Waals surface area contributed by atoms with Crippen molar-refractivity contribution >= 4 is 23.7 Å². The van der Waals surface area contributed by atoms with E-state index in [0.717, 1.165) is 82.5 Å². The number of hydrogen-bond donors (Lipinski definition) is 0. The van der Waals surface area contributed by atoms with Gasteiger partial charge in [-0.1, -0.05) is 6.92 Å². The molecule has 242 valence electrons. The number of halogens is 2. The first-order valence-electron chi connectivity index (χ1n) is 15.8. The Morgan fingerprint density at radius 2 is 1.98 bits per heavy atom. The third-order valence-corrected chi connectivity index (χ3v) is 9.35. The van der Waals surface area contributed by atoms with Crippen molar-refractivity contribution in [2.24, 2.45) is 5.41 Å². The molecule has 9 nitrogen and oxygen atoms in total. The van der Waals surface area contributed by atoms with Gasteiger partial charge in [0.15, 0.2) is 17.9 Å². The number of benzene rings is 1. The average molecular weight is 639 g/mol. The van der Waals surface area contributed by atoms with Gasteiger partial charge < -0.3 is 19.3 Å². The van der Waals surface area contributed by atoms with E-state index < -0.39 is 5.82 Å². The fourth-order valence-corrected chi connectivity index (χ4v) is 6.32. The van der Waals surface area contributed by atoms with Crippen LogP contribution in [0.5, 0.6) is 17.2 Å². The summed E-state index contributed by atoms with van der Waals surface area (Å²) in [6.07, 6.45) is 9.54. The summed E-state index contributed by atoms with van der Waals surface area (Å²) in [6.45, 7) is 12.2. The first-order chi connectivity index (χ1) is 21.7. The summed E-state index contributed by atoms with van der Waals surface area (Å²) in [5.74, 6) is 2.51. The van der Waals surface area contributed by atoms with E-state index in [2.05, 4.69) is 57.5 Å². The number of anilines is 1. The number of aldehydes is 1. The quantitative estimate of drug-likeness (QED) is 0.186. The molecule has 3 aliphatic rings. The van der Waals surface area contributed by atoms with Gasteiger partial charge in [-0.05, 0) is 77.5 Å². The zero-order valence-corrected chi connectivity index (χ0v) is 27.5. The minimum atomic E-state index is -0.494. The molecule has 0 unspecified atom stereocenters. The maximum Gasteiger partial charge on any atom is 0.188 e. The smallest absolute Gasteiger partial charge is 0.188 e. The molecule has 4 heterocycles. The van der Waals surface area contributed by atoms with Crippen LogP contribution in [0.25, 0.3) is 0 Å². The number of rotatable bonds is 11. The molecule has 6 rings (SSSR count). The molecule has 45 heavy (non-hydrogen) atoms. The second-order valence-corrected chi connectivity index (χ2v) is 13.0. The third kappa shape index (κ3) is 7.91. The van der Waals surface area contributed by atoms with E-state index in [9.17, 15) is 9.18 Å². The van der Waals surface area contributed by atoms with Crippen molar-refractivity contribution in [2.45, 2.75) is 65.1 Å². The standard InChI is InChI=1S/C28H29ClFN5O3.C6H15N/c29-6-1-8-34-9-5-23-22(14-34)25(4-7-32-23)37-21-11-28(12-21)16-35(17-28)27-26(13-31-18-33-27)38-24-3-2-20(30)10-19(24)15-36;1-5-7(4)6(2)3/h2-4,7,10,13,15,18,21H,1,5-6,8-9,11-12,14,16-17H2;6H,5H2,1-4H3. The van der Waals surface area contributed by atoms with Crippen molar-refractivity contribution < 1.29 is 18.7 Å². The van der Waals surface area contributed by atoms with Crippen molar-refractivity contribution in [3.8, 4) is 17.2 Å². The minimum absolute atomic E-state index is 0.138. The lowest BCUT2D eigenvalue weighted by molar-refractivity contribution is -0.0352. The van der Waals surface area contributed by atoms with Crippen molar-refractivity contribution in [2.75, 3.05) is 50.6 Å². The molecule has 2 fully saturated rings. The van der Waals surface area contributed by atoms with E-state index in [4.69, 9.17) is 21.1 Å². The van der Waals surface area contributed by atoms with Gasteiger partial charge in [-0.2, -0.15) is 0 Å². The fourth-order valence-electron chi connectivity index (χ4n) is 6.20. The molecule has 0 atom stereocenters. The third-order valence-electron chi connectivity index (χ3n) is 9.08. The largest absolute Gasteiger partial charge is 0.490 e. The number of pyridine rings is 1. The molecule has 3 aromatic rings. The predicted octanol–water partition coefficient (Wildman–Crippen LogP) is 6.00. The molecule has 2 aromatic heterocycles. The second kappa shape index (κ2) is 14.8. The molecule has 0 N–H and O–H groups in total. The number of carbonyl (C=O) groups is 1. The highest BCUT2D eigenvalue weighted by atomic mass is 35.5. The number of hydrogen-bond acceptors (Lipinski definition) is 9. The van der Waals surface area contributed by atoms with E-state index >= 15 is 0 Å². The van der Waals surface area contributed by atoms with Crippen LogP contribution in [0.2, 0.25) is 0 Å². The zero-order chi connectivity index (χ0) is 32.0. The number of alkyl halides is 1. The van der Waals surface area contributed by atoms with E-state index in [1.54, 1.807) is 6.20 Å². The number of ether oxygens (including phenoxy) is 2. The van der Waals surface area contributed by atoms with Crippen LogP contribution in [-0.4, -0.2) is 88.8 Å². The SMILES string of the molecule is CCN(C)C(C)C.O=Cc1cc(F)ccc1Oc1cncnc1N1CC2(CC(Oc3ccnc4c3CN(CCCCl)CC4)C2)C1. The highest BCUT2D eigenvalue weighted by Crippen LogP contribution is 2.52. The predicted molar refractivity (Wildman–Crippen MR) is 174 cm³/mol. The Balaban J connectivity index is 0.000000515. The van der Waals surface area contributed by atoms with Crippen LogP contribution >= 0.6 is 11.6 Å². The van der Waals surface area contributed by atoms with Crippen molar-refractivity contribution in [3.63, 3.8) is 0 Å². The van der Waals surface area contributed by atoms with E-state index in [0.29, 0.717) is 29.8 Å². The molecule has 1 aromatic carbocycles. The number of fused-ring (bicyclic) bond motifs is 1. The summed E-state index contributed by atoms with van der Waals surface area (Å²) in [5, 5.41) is 0. The normalized spacial score (nSPS) is 17.3. The molecule has 0 bridgehead atoms. The van der Waals surface area contributed by atoms with E-state index in [1.165, 1.54) is 24.0 Å². The van der Waals surface area contributed by atoms with Gasteiger partial charge in [0.25, 0.3) is 0 Å². The average Bonchev–Trinajstić information content (AvgIpc) is 3.01. The molecule has 2 aliphatic heterocycles. The van der Waals surface area contributed by atoms with Gasteiger partial charge in [0.1, 0.15) is 29.7 Å². The van der Waals surface area contributed by atoms with Crippen LogP contribution in [0.1, 0.15) is 61.6 Å². The van der Waals surface area contributed by atoms with Gasteiger partial charge in [0.2, 0.25) is 0 Å². The van der Waals surface area contributed by atoms with Crippen LogP contribution in [0.15, 0.2) is 43.0 Å². The maximum absolute atomic E-state index is 13.5.